The summed E-state index contributed by atoms with van der Waals surface area (Å²) in [5.41, 5.74) is 2.20. The van der Waals surface area contributed by atoms with Crippen LogP contribution >= 0.6 is 12.2 Å². The van der Waals surface area contributed by atoms with Gasteiger partial charge in [-0.3, -0.25) is 19.8 Å². The second-order valence-electron chi connectivity index (χ2n) is 5.43. The van der Waals surface area contributed by atoms with Crippen molar-refractivity contribution in [3.05, 3.63) is 75.5 Å². The molecule has 25 heavy (non-hydrogen) atoms. The second kappa shape index (κ2) is 6.82. The summed E-state index contributed by atoms with van der Waals surface area (Å²) in [5, 5.41) is 14.3. The molecule has 0 aliphatic carbocycles. The van der Waals surface area contributed by atoms with Crippen LogP contribution in [0.3, 0.4) is 0 Å². The second-order valence-corrected chi connectivity index (χ2v) is 5.81. The number of anilines is 1. The summed E-state index contributed by atoms with van der Waals surface area (Å²) in [6.07, 6.45) is 2.22. The predicted octanol–water partition coefficient (Wildman–Crippen LogP) is 3.42. The number of hydrogen-bond acceptors (Lipinski definition) is 4. The van der Waals surface area contributed by atoms with E-state index >= 15 is 0 Å². The van der Waals surface area contributed by atoms with Crippen molar-refractivity contribution in [2.45, 2.75) is 13.3 Å². The van der Waals surface area contributed by atoms with E-state index in [1.807, 2.05) is 31.2 Å². The Morgan fingerprint density at radius 2 is 1.88 bits per heavy atom. The summed E-state index contributed by atoms with van der Waals surface area (Å²) < 4.78 is 0. The van der Waals surface area contributed by atoms with Gasteiger partial charge in [-0.15, -0.1) is 0 Å². The molecule has 1 saturated heterocycles. The Morgan fingerprint density at radius 1 is 1.20 bits per heavy atom. The van der Waals surface area contributed by atoms with Gasteiger partial charge in [0, 0.05) is 6.07 Å². The van der Waals surface area contributed by atoms with E-state index in [-0.39, 0.29) is 22.4 Å². The maximum Gasteiger partial charge on any atom is 0.281 e. The molecule has 1 aliphatic heterocycles. The molecule has 1 fully saturated rings. The van der Waals surface area contributed by atoms with Crippen molar-refractivity contribution in [2.24, 2.45) is 0 Å². The Bertz CT molecular complexity index is 908. The van der Waals surface area contributed by atoms with E-state index in [1.54, 1.807) is 18.2 Å². The third kappa shape index (κ3) is 3.14. The predicted molar refractivity (Wildman–Crippen MR) is 100 cm³/mol. The first kappa shape index (κ1) is 16.8. The van der Waals surface area contributed by atoms with E-state index < -0.39 is 4.92 Å². The van der Waals surface area contributed by atoms with E-state index in [1.165, 1.54) is 17.0 Å². The molecule has 1 heterocycles. The van der Waals surface area contributed by atoms with Crippen LogP contribution in [0.2, 0.25) is 0 Å². The van der Waals surface area contributed by atoms with Crippen molar-refractivity contribution in [1.82, 2.24) is 5.32 Å². The number of nitrogens with zero attached hydrogens (tertiary/aromatic N) is 2. The van der Waals surface area contributed by atoms with E-state index in [0.29, 0.717) is 5.56 Å². The van der Waals surface area contributed by atoms with Gasteiger partial charge in [0.2, 0.25) is 0 Å². The van der Waals surface area contributed by atoms with Gasteiger partial charge in [-0.2, -0.15) is 0 Å². The van der Waals surface area contributed by atoms with Gasteiger partial charge < -0.3 is 5.32 Å². The maximum atomic E-state index is 12.8. The quantitative estimate of drug-likeness (QED) is 0.394. The Labute approximate surface area is 149 Å². The third-order valence-electron chi connectivity index (χ3n) is 3.92. The Kier molecular flexibility index (Phi) is 4.58. The lowest BCUT2D eigenvalue weighted by molar-refractivity contribution is -0.385. The SMILES string of the molecule is CCc1ccccc1N1C(=O)/C(=C\c2ccccc2[N+](=O)[O-])NC1=S. The van der Waals surface area contributed by atoms with Crippen LogP contribution in [0.15, 0.2) is 54.2 Å². The number of aryl methyl sites for hydroxylation is 1. The molecule has 126 valence electrons. The average Bonchev–Trinajstić information content (AvgIpc) is 2.88. The highest BCUT2D eigenvalue weighted by atomic mass is 32.1. The van der Waals surface area contributed by atoms with Gasteiger partial charge in [0.1, 0.15) is 5.70 Å². The summed E-state index contributed by atoms with van der Waals surface area (Å²) in [7, 11) is 0. The van der Waals surface area contributed by atoms with Gasteiger partial charge in [0.15, 0.2) is 5.11 Å². The molecule has 3 rings (SSSR count). The molecule has 6 nitrogen and oxygen atoms in total. The minimum absolute atomic E-state index is 0.0667. The van der Waals surface area contributed by atoms with Crippen molar-refractivity contribution in [3.8, 4) is 0 Å². The number of carbonyl (C=O) groups excluding carboxylic acids is 1. The number of thiocarbonyl (C=S) groups is 1. The minimum Gasteiger partial charge on any atom is -0.327 e. The van der Waals surface area contributed by atoms with Crippen molar-refractivity contribution in [3.63, 3.8) is 0 Å². The summed E-state index contributed by atoms with van der Waals surface area (Å²) in [6.45, 7) is 2.00. The minimum atomic E-state index is -0.478. The average molecular weight is 353 g/mol. The van der Waals surface area contributed by atoms with Crippen molar-refractivity contribution in [1.29, 1.82) is 0 Å². The van der Waals surface area contributed by atoms with E-state index in [9.17, 15) is 14.9 Å². The number of carbonyl (C=O) groups is 1. The van der Waals surface area contributed by atoms with E-state index in [2.05, 4.69) is 5.32 Å². The van der Waals surface area contributed by atoms with Gasteiger partial charge in [-0.1, -0.05) is 37.3 Å². The van der Waals surface area contributed by atoms with Gasteiger partial charge >= 0.3 is 0 Å². The lowest BCUT2D eigenvalue weighted by Gasteiger charge is -2.17. The fourth-order valence-corrected chi connectivity index (χ4v) is 3.00. The first-order chi connectivity index (χ1) is 12.0. The molecular formula is C18H15N3O3S. The molecule has 0 saturated carbocycles. The summed E-state index contributed by atoms with van der Waals surface area (Å²) in [6, 6.07) is 13.8. The van der Waals surface area contributed by atoms with Crippen LogP contribution in [0.1, 0.15) is 18.1 Å². The number of para-hydroxylation sites is 2. The van der Waals surface area contributed by atoms with Gasteiger partial charge in [-0.05, 0) is 42.4 Å². The molecule has 1 aliphatic rings. The maximum absolute atomic E-state index is 12.8. The summed E-state index contributed by atoms with van der Waals surface area (Å²) >= 11 is 5.30. The highest BCUT2D eigenvalue weighted by Gasteiger charge is 2.33. The molecule has 1 amide bonds. The molecule has 0 atom stereocenters. The van der Waals surface area contributed by atoms with Crippen LogP contribution in [0.4, 0.5) is 11.4 Å². The first-order valence-corrected chi connectivity index (χ1v) is 8.12. The van der Waals surface area contributed by atoms with E-state index in [4.69, 9.17) is 12.2 Å². The van der Waals surface area contributed by atoms with Crippen LogP contribution in [-0.4, -0.2) is 15.9 Å². The van der Waals surface area contributed by atoms with Crippen LogP contribution in [-0.2, 0) is 11.2 Å². The number of nitro groups is 1. The molecule has 0 spiro atoms. The lowest BCUT2D eigenvalue weighted by Crippen LogP contribution is -2.31. The van der Waals surface area contributed by atoms with Crippen molar-refractivity contribution >= 4 is 40.7 Å². The standard InChI is InChI=1S/C18H15N3O3S/c1-2-12-7-3-5-9-15(12)20-17(22)14(19-18(20)25)11-13-8-4-6-10-16(13)21(23)24/h3-11H,2H2,1H3,(H,19,25)/b14-11+. The molecule has 0 bridgehead atoms. The van der Waals surface area contributed by atoms with Crippen LogP contribution in [0.5, 0.6) is 0 Å². The summed E-state index contributed by atoms with van der Waals surface area (Å²) in [5.74, 6) is -0.330. The zero-order valence-corrected chi connectivity index (χ0v) is 14.2. The highest BCUT2D eigenvalue weighted by molar-refractivity contribution is 7.80. The van der Waals surface area contributed by atoms with Crippen molar-refractivity contribution < 1.29 is 9.72 Å². The molecule has 0 aromatic heterocycles. The monoisotopic (exact) mass is 353 g/mol. The Morgan fingerprint density at radius 3 is 2.60 bits per heavy atom. The smallest absolute Gasteiger partial charge is 0.281 e. The Hall–Kier alpha value is -3.06. The topological polar surface area (TPSA) is 75.5 Å². The fourth-order valence-electron chi connectivity index (χ4n) is 2.71. The molecular weight excluding hydrogens is 338 g/mol. The zero-order chi connectivity index (χ0) is 18.0. The molecule has 2 aromatic carbocycles. The van der Waals surface area contributed by atoms with E-state index in [0.717, 1.165) is 17.7 Å². The van der Waals surface area contributed by atoms with Crippen LogP contribution < -0.4 is 10.2 Å². The first-order valence-electron chi connectivity index (χ1n) is 7.71. The van der Waals surface area contributed by atoms with Gasteiger partial charge in [0.25, 0.3) is 11.6 Å². The van der Waals surface area contributed by atoms with Crippen molar-refractivity contribution in [2.75, 3.05) is 4.90 Å². The molecule has 1 N–H and O–H groups in total. The fraction of sp³-hybridized carbons (Fsp3) is 0.111. The Balaban J connectivity index is 2.01. The lowest BCUT2D eigenvalue weighted by atomic mass is 10.1. The van der Waals surface area contributed by atoms with Gasteiger partial charge in [0.05, 0.1) is 16.2 Å². The highest BCUT2D eigenvalue weighted by Crippen LogP contribution is 2.28. The zero-order valence-electron chi connectivity index (χ0n) is 13.4. The summed E-state index contributed by atoms with van der Waals surface area (Å²) in [4.78, 5) is 24.9. The van der Waals surface area contributed by atoms with Crippen LogP contribution in [0, 0.1) is 10.1 Å². The van der Waals surface area contributed by atoms with Gasteiger partial charge in [-0.25, -0.2) is 0 Å². The number of amides is 1. The largest absolute Gasteiger partial charge is 0.327 e. The molecule has 0 unspecified atom stereocenters. The number of rotatable bonds is 4. The van der Waals surface area contributed by atoms with Crippen LogP contribution in [0.25, 0.3) is 6.08 Å². The molecule has 7 heteroatoms. The number of hydrogen-bond donors (Lipinski definition) is 1. The normalized spacial score (nSPS) is 15.6. The number of benzene rings is 2. The third-order valence-corrected chi connectivity index (χ3v) is 4.21. The molecule has 0 radical (unpaired) electrons. The number of nitrogens with one attached hydrogen (secondary N) is 1. The molecule has 2 aromatic rings. The number of nitro benzene ring substituents is 1.